The molecule has 2 fully saturated rings. The number of carbonyl (C=O) groups excluding carboxylic acids is 1. The minimum Gasteiger partial charge on any atom is -0.505 e. The number of amides is 1. The molecule has 1 aliphatic carbocycles. The van der Waals surface area contributed by atoms with Crippen molar-refractivity contribution in [1.29, 1.82) is 0 Å². The van der Waals surface area contributed by atoms with Gasteiger partial charge in [-0.1, -0.05) is 0 Å². The molecule has 6 atom stereocenters. The number of aliphatic hydroxyl groups is 2. The monoisotopic (exact) mass is 493 g/mol. The first-order valence-corrected chi connectivity index (χ1v) is 11.3. The fourth-order valence-electron chi connectivity index (χ4n) is 4.62. The third-order valence-electron chi connectivity index (χ3n) is 6.68. The topological polar surface area (TPSA) is 157 Å². The molecule has 4 rings (SSSR count). The number of benzene rings is 1. The van der Waals surface area contributed by atoms with Gasteiger partial charge in [-0.3, -0.25) is 4.79 Å². The van der Waals surface area contributed by atoms with E-state index in [2.05, 4.69) is 5.32 Å². The van der Waals surface area contributed by atoms with Crippen molar-refractivity contribution in [2.24, 2.45) is 11.8 Å². The van der Waals surface area contributed by atoms with Crippen LogP contribution in [-0.4, -0.2) is 72.3 Å². The van der Waals surface area contributed by atoms with Gasteiger partial charge in [0.15, 0.2) is 11.4 Å². The van der Waals surface area contributed by atoms with Crippen LogP contribution in [0.1, 0.15) is 25.8 Å². The zero-order chi connectivity index (χ0) is 25.7. The van der Waals surface area contributed by atoms with Gasteiger partial charge in [-0.05, 0) is 45.2 Å². The van der Waals surface area contributed by atoms with Gasteiger partial charge in [0, 0.05) is 32.3 Å². The van der Waals surface area contributed by atoms with E-state index in [9.17, 15) is 24.9 Å². The van der Waals surface area contributed by atoms with Crippen LogP contribution in [0.15, 0.2) is 21.3 Å². The summed E-state index contributed by atoms with van der Waals surface area (Å²) >= 11 is 0. The maximum absolute atomic E-state index is 12.6. The molecule has 11 nitrogen and oxygen atoms in total. The second-order valence-electron chi connectivity index (χ2n) is 9.57. The van der Waals surface area contributed by atoms with Crippen molar-refractivity contribution in [2.75, 3.05) is 26.1 Å². The molecular formula is C24H31NO10. The molecule has 0 bridgehead atoms. The summed E-state index contributed by atoms with van der Waals surface area (Å²) in [6, 6.07) is 2.97. The highest BCUT2D eigenvalue weighted by molar-refractivity contribution is 5.99. The van der Waals surface area contributed by atoms with E-state index in [-0.39, 0.29) is 40.1 Å². The second kappa shape index (κ2) is 9.40. The summed E-state index contributed by atoms with van der Waals surface area (Å²) in [5.41, 5.74) is -1.82. The molecular weight excluding hydrogens is 462 g/mol. The first-order chi connectivity index (χ1) is 16.5. The maximum atomic E-state index is 12.6. The van der Waals surface area contributed by atoms with E-state index >= 15 is 0 Å². The van der Waals surface area contributed by atoms with Gasteiger partial charge in [0.1, 0.15) is 29.6 Å². The molecule has 11 heteroatoms. The van der Waals surface area contributed by atoms with E-state index in [4.69, 9.17) is 23.4 Å². The van der Waals surface area contributed by atoms with Crippen LogP contribution >= 0.6 is 0 Å². The Balaban J connectivity index is 1.59. The predicted octanol–water partition coefficient (Wildman–Crippen LogP) is 1.28. The zero-order valence-electron chi connectivity index (χ0n) is 20.2. The molecule has 0 unspecified atom stereocenters. The number of anilines is 1. The van der Waals surface area contributed by atoms with E-state index in [0.717, 1.165) is 0 Å². The number of ether oxygens (including phenoxy) is 4. The summed E-state index contributed by atoms with van der Waals surface area (Å²) in [5, 5.41) is 34.4. The Bertz CT molecular complexity index is 1180. The Kier molecular flexibility index (Phi) is 6.82. The number of fused-ring (bicyclic) bond motifs is 1. The molecule has 1 saturated heterocycles. The highest BCUT2D eigenvalue weighted by Gasteiger charge is 2.50. The summed E-state index contributed by atoms with van der Waals surface area (Å²) in [5.74, 6) is -0.806. The molecule has 2 heterocycles. The lowest BCUT2D eigenvalue weighted by Crippen LogP contribution is -2.63. The van der Waals surface area contributed by atoms with Gasteiger partial charge in [-0.25, -0.2) is 4.79 Å². The summed E-state index contributed by atoms with van der Waals surface area (Å²) < 4.78 is 27.4. The molecule has 2 aliphatic rings. The fraction of sp³-hybridized carbons (Fsp3) is 0.583. The molecule has 35 heavy (non-hydrogen) atoms. The van der Waals surface area contributed by atoms with Gasteiger partial charge in [-0.2, -0.15) is 0 Å². The number of hydrogen-bond donors (Lipinski definition) is 4. The second-order valence-corrected chi connectivity index (χ2v) is 9.57. The average molecular weight is 494 g/mol. The van der Waals surface area contributed by atoms with Crippen molar-refractivity contribution in [3.63, 3.8) is 0 Å². The number of aryl methyl sites for hydroxylation is 1. The van der Waals surface area contributed by atoms with E-state index in [1.807, 2.05) is 0 Å². The number of aliphatic hydroxyl groups excluding tert-OH is 2. The minimum absolute atomic E-state index is 0.0477. The number of nitrogens with one attached hydrogen (secondary N) is 1. The van der Waals surface area contributed by atoms with E-state index < -0.39 is 41.6 Å². The molecule has 1 aromatic heterocycles. The van der Waals surface area contributed by atoms with E-state index in [1.165, 1.54) is 19.2 Å². The Morgan fingerprint density at radius 3 is 2.60 bits per heavy atom. The molecule has 1 aliphatic heterocycles. The largest absolute Gasteiger partial charge is 0.505 e. The lowest BCUT2D eigenvalue weighted by molar-refractivity contribution is -0.306. The van der Waals surface area contributed by atoms with Gasteiger partial charge in [0.05, 0.1) is 11.0 Å². The Labute approximate surface area is 201 Å². The maximum Gasteiger partial charge on any atom is 0.364 e. The van der Waals surface area contributed by atoms with Crippen molar-refractivity contribution in [1.82, 2.24) is 0 Å². The third-order valence-corrected chi connectivity index (χ3v) is 6.68. The number of aromatic hydroxyl groups is 1. The van der Waals surface area contributed by atoms with Crippen LogP contribution in [0.3, 0.4) is 0 Å². The van der Waals surface area contributed by atoms with E-state index in [1.54, 1.807) is 27.9 Å². The third kappa shape index (κ3) is 4.62. The Hall–Kier alpha value is -2.70. The molecule has 1 saturated carbocycles. The number of rotatable bonds is 7. The van der Waals surface area contributed by atoms with Crippen LogP contribution < -0.4 is 15.7 Å². The van der Waals surface area contributed by atoms with Crippen molar-refractivity contribution < 1.29 is 43.5 Å². The van der Waals surface area contributed by atoms with Gasteiger partial charge >= 0.3 is 5.63 Å². The van der Waals surface area contributed by atoms with Crippen LogP contribution in [-0.2, 0) is 19.0 Å². The fourth-order valence-corrected chi connectivity index (χ4v) is 4.62. The summed E-state index contributed by atoms with van der Waals surface area (Å²) in [6.07, 6.45) is -4.05. The summed E-state index contributed by atoms with van der Waals surface area (Å²) in [7, 11) is 2.96. The lowest BCUT2D eigenvalue weighted by Gasteiger charge is -2.46. The molecule has 192 valence electrons. The van der Waals surface area contributed by atoms with Crippen molar-refractivity contribution in [2.45, 2.75) is 57.4 Å². The highest BCUT2D eigenvalue weighted by atomic mass is 16.7. The zero-order valence-corrected chi connectivity index (χ0v) is 20.2. The SMILES string of the molecule is COC[C@@H]1C[C@H]1C(=O)Nc1c(O)c2ccc(O[C@@H]3OC(C)(C)[C@H](OC)[C@@H](O)[C@H]3O)c(C)c2oc1=O. The van der Waals surface area contributed by atoms with E-state index in [0.29, 0.717) is 18.6 Å². The predicted molar refractivity (Wildman–Crippen MR) is 123 cm³/mol. The normalized spacial score (nSPS) is 29.7. The molecule has 0 radical (unpaired) electrons. The number of hydrogen-bond acceptors (Lipinski definition) is 10. The average Bonchev–Trinajstić information content (AvgIpc) is 3.56. The standard InChI is InChI=1S/C24H31NO10/c1-10-14(33-23-18(28)17(27)20(32-5)24(2,3)35-23)7-6-12-16(26)15(22(30)34-19(10)12)25-21(29)13-8-11(13)9-31-4/h6-7,11,13,17-18,20,23,26-28H,8-9H2,1-5H3,(H,25,29)/t11-,13+,17-,18+,20+,23+/m0/s1. The molecule has 2 aromatic rings. The van der Waals surface area contributed by atoms with Crippen molar-refractivity contribution in [3.8, 4) is 11.5 Å². The summed E-state index contributed by atoms with van der Waals surface area (Å²) in [4.78, 5) is 25.1. The minimum atomic E-state index is -1.41. The smallest absolute Gasteiger partial charge is 0.364 e. The van der Waals surface area contributed by atoms with Crippen LogP contribution in [0.4, 0.5) is 5.69 Å². The summed E-state index contributed by atoms with van der Waals surface area (Å²) in [6.45, 7) is 5.45. The molecule has 1 aromatic carbocycles. The molecule has 0 spiro atoms. The quantitative estimate of drug-likeness (QED) is 0.414. The van der Waals surface area contributed by atoms with Crippen LogP contribution in [0.25, 0.3) is 11.0 Å². The Morgan fingerprint density at radius 1 is 1.23 bits per heavy atom. The number of methoxy groups -OCH3 is 2. The first kappa shape index (κ1) is 25.4. The van der Waals surface area contributed by atoms with Gasteiger partial charge < -0.3 is 44.0 Å². The van der Waals surface area contributed by atoms with Crippen LogP contribution in [0.5, 0.6) is 11.5 Å². The van der Waals surface area contributed by atoms with Crippen LogP contribution in [0, 0.1) is 18.8 Å². The van der Waals surface area contributed by atoms with Crippen LogP contribution in [0.2, 0.25) is 0 Å². The van der Waals surface area contributed by atoms with Gasteiger partial charge in [0.25, 0.3) is 0 Å². The lowest BCUT2D eigenvalue weighted by atomic mass is 9.89. The molecule has 4 N–H and O–H groups in total. The van der Waals surface area contributed by atoms with Crippen molar-refractivity contribution >= 4 is 22.6 Å². The van der Waals surface area contributed by atoms with Crippen molar-refractivity contribution in [3.05, 3.63) is 28.1 Å². The van der Waals surface area contributed by atoms with Gasteiger partial charge in [-0.15, -0.1) is 0 Å². The number of carbonyl (C=O) groups is 1. The first-order valence-electron chi connectivity index (χ1n) is 11.3. The highest BCUT2D eigenvalue weighted by Crippen LogP contribution is 2.41. The Morgan fingerprint density at radius 2 is 1.94 bits per heavy atom. The van der Waals surface area contributed by atoms with Gasteiger partial charge in [0.2, 0.25) is 12.2 Å². The molecule has 1 amide bonds.